The number of hydrogen-bond acceptors (Lipinski definition) is 8. The van der Waals surface area contributed by atoms with Gasteiger partial charge in [0.25, 0.3) is 0 Å². The van der Waals surface area contributed by atoms with Crippen molar-refractivity contribution >= 4 is 7.82 Å². The molecule has 0 spiro atoms. The fourth-order valence-corrected chi connectivity index (χ4v) is 1.82. The predicted molar refractivity (Wildman–Crippen MR) is 52.9 cm³/mol. The van der Waals surface area contributed by atoms with E-state index in [2.05, 4.69) is 9.26 Å². The van der Waals surface area contributed by atoms with E-state index in [4.69, 9.17) is 20.0 Å². The van der Waals surface area contributed by atoms with Gasteiger partial charge in [-0.15, -0.1) is 0 Å². The number of aliphatic hydroxyl groups excluding tert-OH is 5. The summed E-state index contributed by atoms with van der Waals surface area (Å²) in [6.45, 7) is -0.887. The van der Waals surface area contributed by atoms with Crippen molar-refractivity contribution in [1.82, 2.24) is 0 Å². The maximum atomic E-state index is 10.4. The van der Waals surface area contributed by atoms with Crippen LogP contribution in [-0.4, -0.2) is 78.7 Å². The average molecular weight is 290 g/mol. The third-order valence-corrected chi connectivity index (χ3v) is 2.90. The van der Waals surface area contributed by atoms with Gasteiger partial charge in [0.05, 0.1) is 6.61 Å². The molecular formula is C7H15O10P. The van der Waals surface area contributed by atoms with E-state index in [0.29, 0.717) is 0 Å². The van der Waals surface area contributed by atoms with Crippen molar-refractivity contribution in [3.63, 3.8) is 0 Å². The Kier molecular flexibility index (Phi) is 5.21. The second kappa shape index (κ2) is 5.88. The molecule has 18 heavy (non-hydrogen) atoms. The lowest BCUT2D eigenvalue weighted by Gasteiger charge is -2.40. The summed E-state index contributed by atoms with van der Waals surface area (Å²) in [5.74, 6) is 0. The molecule has 1 fully saturated rings. The minimum atomic E-state index is -4.80. The predicted octanol–water partition coefficient (Wildman–Crippen LogP) is -3.74. The number of hydrogen-bond donors (Lipinski definition) is 7. The van der Waals surface area contributed by atoms with Gasteiger partial charge in [-0.3, -0.25) is 4.52 Å². The molecular weight excluding hydrogens is 275 g/mol. The van der Waals surface area contributed by atoms with E-state index in [0.717, 1.165) is 0 Å². The minimum Gasteiger partial charge on any atom is -0.388 e. The lowest BCUT2D eigenvalue weighted by Crippen LogP contribution is -2.61. The van der Waals surface area contributed by atoms with Gasteiger partial charge in [0.2, 0.25) is 0 Å². The highest BCUT2D eigenvalue weighted by atomic mass is 31.2. The van der Waals surface area contributed by atoms with Crippen LogP contribution in [0.25, 0.3) is 0 Å². The molecule has 1 aliphatic heterocycles. The zero-order valence-corrected chi connectivity index (χ0v) is 9.87. The smallest absolute Gasteiger partial charge is 0.388 e. The standard InChI is InChI=1S/C7H15O10P/c8-2(1-16-18(13,14)15)6-4(10)3(9)5(11)7(12)17-6/h2-12H,1H2,(H2,13,14,15)/t2-,3-,4-,5+,6-,7+/m0/s1. The maximum absolute atomic E-state index is 10.4. The molecule has 6 atom stereocenters. The highest BCUT2D eigenvalue weighted by Crippen LogP contribution is 2.36. The van der Waals surface area contributed by atoms with E-state index in [1.165, 1.54) is 0 Å². The summed E-state index contributed by atoms with van der Waals surface area (Å²) in [5.41, 5.74) is 0. The summed E-state index contributed by atoms with van der Waals surface area (Å²) in [6, 6.07) is 0. The quantitative estimate of drug-likeness (QED) is 0.254. The zero-order chi connectivity index (χ0) is 14.1. The van der Waals surface area contributed by atoms with E-state index in [-0.39, 0.29) is 0 Å². The molecule has 11 heteroatoms. The van der Waals surface area contributed by atoms with E-state index in [1.807, 2.05) is 0 Å². The Bertz CT molecular complexity index is 317. The van der Waals surface area contributed by atoms with E-state index < -0.39 is 51.2 Å². The third-order valence-electron chi connectivity index (χ3n) is 2.42. The fraction of sp³-hybridized carbons (Fsp3) is 1.00. The largest absolute Gasteiger partial charge is 0.469 e. The molecule has 0 aromatic rings. The number of phosphoric ester groups is 1. The minimum absolute atomic E-state index is 0.887. The Morgan fingerprint density at radius 2 is 1.67 bits per heavy atom. The maximum Gasteiger partial charge on any atom is 0.469 e. The van der Waals surface area contributed by atoms with Crippen molar-refractivity contribution in [3.05, 3.63) is 0 Å². The second-order valence-electron chi connectivity index (χ2n) is 3.82. The summed E-state index contributed by atoms with van der Waals surface area (Å²) < 4.78 is 19.0. The van der Waals surface area contributed by atoms with E-state index >= 15 is 0 Å². The van der Waals surface area contributed by atoms with Crippen molar-refractivity contribution in [2.45, 2.75) is 36.8 Å². The van der Waals surface area contributed by atoms with Gasteiger partial charge in [-0.2, -0.15) is 0 Å². The number of ether oxygens (including phenoxy) is 1. The Morgan fingerprint density at radius 3 is 2.17 bits per heavy atom. The summed E-state index contributed by atoms with van der Waals surface area (Å²) in [4.78, 5) is 16.8. The molecule has 0 saturated carbocycles. The van der Waals surface area contributed by atoms with Gasteiger partial charge in [0, 0.05) is 0 Å². The summed E-state index contributed by atoms with van der Waals surface area (Å²) >= 11 is 0. The Morgan fingerprint density at radius 1 is 1.11 bits per heavy atom. The molecule has 7 N–H and O–H groups in total. The van der Waals surface area contributed by atoms with Gasteiger partial charge in [-0.1, -0.05) is 0 Å². The molecule has 1 rings (SSSR count). The summed E-state index contributed by atoms with van der Waals surface area (Å²) in [7, 11) is -4.80. The number of phosphoric acid groups is 1. The van der Waals surface area contributed by atoms with Crippen LogP contribution in [0.3, 0.4) is 0 Å². The van der Waals surface area contributed by atoms with E-state index in [9.17, 15) is 19.9 Å². The average Bonchev–Trinajstić information content (AvgIpc) is 2.27. The van der Waals surface area contributed by atoms with Gasteiger partial charge < -0.3 is 40.1 Å². The molecule has 10 nitrogen and oxygen atoms in total. The Hall–Kier alpha value is -0.130. The molecule has 0 bridgehead atoms. The van der Waals surface area contributed by atoms with Crippen molar-refractivity contribution in [2.75, 3.05) is 6.61 Å². The van der Waals surface area contributed by atoms with Gasteiger partial charge in [0.15, 0.2) is 6.29 Å². The normalized spacial score (nSPS) is 39.6. The molecule has 0 amide bonds. The lowest BCUT2D eigenvalue weighted by molar-refractivity contribution is -0.298. The van der Waals surface area contributed by atoms with Gasteiger partial charge in [-0.05, 0) is 0 Å². The van der Waals surface area contributed by atoms with Gasteiger partial charge >= 0.3 is 7.82 Å². The fourth-order valence-electron chi connectivity index (χ4n) is 1.47. The Labute approximate surface area is 101 Å². The van der Waals surface area contributed by atoms with Crippen molar-refractivity contribution < 1.29 is 49.1 Å². The van der Waals surface area contributed by atoms with Crippen LogP contribution in [0.15, 0.2) is 0 Å². The van der Waals surface area contributed by atoms with Crippen LogP contribution >= 0.6 is 7.82 Å². The topological polar surface area (TPSA) is 177 Å². The van der Waals surface area contributed by atoms with Crippen LogP contribution in [0.2, 0.25) is 0 Å². The molecule has 0 aliphatic carbocycles. The van der Waals surface area contributed by atoms with Gasteiger partial charge in [-0.25, -0.2) is 4.57 Å². The van der Waals surface area contributed by atoms with Crippen LogP contribution < -0.4 is 0 Å². The molecule has 1 heterocycles. The first-order chi connectivity index (χ1) is 8.13. The molecule has 0 aromatic carbocycles. The van der Waals surface area contributed by atoms with Crippen molar-refractivity contribution in [2.24, 2.45) is 0 Å². The highest BCUT2D eigenvalue weighted by Gasteiger charge is 2.46. The first-order valence-electron chi connectivity index (χ1n) is 4.89. The molecule has 0 unspecified atom stereocenters. The van der Waals surface area contributed by atoms with Crippen molar-refractivity contribution in [1.29, 1.82) is 0 Å². The molecule has 1 saturated heterocycles. The Balaban J connectivity index is 2.62. The SMILES string of the molecule is O=P(O)(O)OC[C@H](O)[C@@H]1O[C@@H](O)[C@H](O)[C@@H](O)[C@@H]1O. The highest BCUT2D eigenvalue weighted by molar-refractivity contribution is 7.46. The lowest BCUT2D eigenvalue weighted by atomic mass is 9.96. The first kappa shape index (κ1) is 15.9. The first-order valence-corrected chi connectivity index (χ1v) is 6.42. The molecule has 0 radical (unpaired) electrons. The molecule has 0 aromatic heterocycles. The van der Waals surface area contributed by atoms with Crippen LogP contribution in [0.4, 0.5) is 0 Å². The third kappa shape index (κ3) is 3.93. The summed E-state index contributed by atoms with van der Waals surface area (Å²) in [5, 5.41) is 46.6. The van der Waals surface area contributed by atoms with Crippen molar-refractivity contribution in [3.8, 4) is 0 Å². The summed E-state index contributed by atoms with van der Waals surface area (Å²) in [6.07, 6.45) is -10.4. The van der Waals surface area contributed by atoms with Crippen LogP contribution in [0, 0.1) is 0 Å². The number of rotatable bonds is 4. The second-order valence-corrected chi connectivity index (χ2v) is 5.06. The monoisotopic (exact) mass is 290 g/mol. The van der Waals surface area contributed by atoms with Crippen LogP contribution in [0.5, 0.6) is 0 Å². The van der Waals surface area contributed by atoms with Crippen LogP contribution in [-0.2, 0) is 13.8 Å². The van der Waals surface area contributed by atoms with Crippen LogP contribution in [0.1, 0.15) is 0 Å². The zero-order valence-electron chi connectivity index (χ0n) is 8.97. The van der Waals surface area contributed by atoms with E-state index in [1.54, 1.807) is 0 Å². The van der Waals surface area contributed by atoms with Gasteiger partial charge in [0.1, 0.15) is 30.5 Å². The molecule has 1 aliphatic rings. The molecule has 108 valence electrons. The number of aliphatic hydroxyl groups is 5.